The van der Waals surface area contributed by atoms with Crippen molar-refractivity contribution in [3.8, 4) is 22.3 Å². The van der Waals surface area contributed by atoms with Gasteiger partial charge in [0.05, 0.1) is 16.8 Å². The van der Waals surface area contributed by atoms with E-state index in [4.69, 9.17) is 0 Å². The van der Waals surface area contributed by atoms with Crippen LogP contribution in [0.3, 0.4) is 0 Å². The Morgan fingerprint density at radius 3 is 1.39 bits per heavy atom. The van der Waals surface area contributed by atoms with Crippen LogP contribution in [0.25, 0.3) is 22.3 Å². The van der Waals surface area contributed by atoms with Gasteiger partial charge in [-0.1, -0.05) is 182 Å². The van der Waals surface area contributed by atoms with Crippen molar-refractivity contribution in [1.29, 1.82) is 0 Å². The Morgan fingerprint density at radius 2 is 0.784 bits per heavy atom. The number of nitrogens with zero attached hydrogens (tertiary/aromatic N) is 1. The molecule has 240 valence electrons. The van der Waals surface area contributed by atoms with Crippen LogP contribution in [0, 0.1) is 0 Å². The molecule has 1 nitrogen and oxygen atoms in total. The van der Waals surface area contributed by atoms with Gasteiger partial charge in [-0.3, -0.25) is 0 Å². The molecule has 0 atom stereocenters. The van der Waals surface area contributed by atoms with Crippen LogP contribution in [0.5, 0.6) is 0 Å². The molecule has 1 aliphatic heterocycles. The highest BCUT2D eigenvalue weighted by atomic mass is 31.1. The second-order valence-corrected chi connectivity index (χ2v) is 15.5. The van der Waals surface area contributed by atoms with Crippen LogP contribution in [-0.2, 0) is 5.41 Å². The summed E-state index contributed by atoms with van der Waals surface area (Å²) in [6, 6.07) is 76.3. The van der Waals surface area contributed by atoms with E-state index < -0.39 is 13.3 Å². The molecule has 0 aromatic heterocycles. The fourth-order valence-electron chi connectivity index (χ4n) is 8.65. The van der Waals surface area contributed by atoms with Crippen molar-refractivity contribution in [1.82, 2.24) is 0 Å². The number of rotatable bonds is 5. The average Bonchev–Trinajstić information content (AvgIpc) is 3.51. The number of hydrogen-bond acceptors (Lipinski definition) is 1. The lowest BCUT2D eigenvalue weighted by Gasteiger charge is -2.45. The molecule has 1 spiro atoms. The monoisotopic (exact) mass is 667 g/mol. The molecule has 8 aromatic rings. The van der Waals surface area contributed by atoms with Gasteiger partial charge in [0.2, 0.25) is 0 Å². The minimum absolute atomic E-state index is 0.500. The minimum atomic E-state index is -0.691. The summed E-state index contributed by atoms with van der Waals surface area (Å²) in [6.45, 7) is 0. The molecule has 8 aromatic carbocycles. The van der Waals surface area contributed by atoms with Crippen molar-refractivity contribution in [3.63, 3.8) is 0 Å². The Bertz CT molecular complexity index is 2440. The van der Waals surface area contributed by atoms with Gasteiger partial charge < -0.3 is 4.90 Å². The summed E-state index contributed by atoms with van der Waals surface area (Å²) in [7, 11) is -0.691. The van der Waals surface area contributed by atoms with Crippen LogP contribution >= 0.6 is 7.92 Å². The predicted molar refractivity (Wildman–Crippen MR) is 216 cm³/mol. The number of anilines is 3. The lowest BCUT2D eigenvalue weighted by molar-refractivity contribution is 0.754. The third-order valence-corrected chi connectivity index (χ3v) is 13.1. The van der Waals surface area contributed by atoms with Gasteiger partial charge in [0.1, 0.15) is 0 Å². The standard InChI is InChI=1S/C49H34NP/c1-4-17-36(18-5-1)50-46-29-14-12-27-44(46)49(45-28-13-15-30-47(45)50)43-26-11-10-23-41(43)42-25-16-24-40(48(42)49)35-31-33-39(34-32-35)51(37-19-6-2-7-20-37)38-21-8-3-9-22-38/h1-34H. The summed E-state index contributed by atoms with van der Waals surface area (Å²) in [5.41, 5.74) is 13.5. The number of benzene rings is 8. The van der Waals surface area contributed by atoms with Crippen molar-refractivity contribution < 1.29 is 0 Å². The van der Waals surface area contributed by atoms with Gasteiger partial charge in [-0.05, 0) is 92.6 Å². The van der Waals surface area contributed by atoms with Crippen LogP contribution in [0.4, 0.5) is 17.1 Å². The Morgan fingerprint density at radius 1 is 0.333 bits per heavy atom. The smallest absolute Gasteiger partial charge is 0.0760 e. The van der Waals surface area contributed by atoms with E-state index in [-0.39, 0.29) is 0 Å². The number of para-hydroxylation sites is 3. The molecule has 2 aliphatic rings. The van der Waals surface area contributed by atoms with Crippen LogP contribution in [0.15, 0.2) is 206 Å². The summed E-state index contributed by atoms with van der Waals surface area (Å²) in [4.78, 5) is 2.45. The lowest BCUT2D eigenvalue weighted by atomic mass is 9.63. The zero-order valence-electron chi connectivity index (χ0n) is 28.0. The average molecular weight is 668 g/mol. The van der Waals surface area contributed by atoms with Gasteiger partial charge in [-0.25, -0.2) is 0 Å². The third-order valence-electron chi connectivity index (χ3n) is 10.6. The normalized spacial score (nSPS) is 13.4. The second-order valence-electron chi connectivity index (χ2n) is 13.3. The molecule has 0 amide bonds. The Labute approximate surface area is 300 Å². The molecule has 1 heterocycles. The van der Waals surface area contributed by atoms with Crippen molar-refractivity contribution >= 4 is 40.9 Å². The van der Waals surface area contributed by atoms with Gasteiger partial charge in [0, 0.05) is 5.69 Å². The van der Waals surface area contributed by atoms with Gasteiger partial charge in [-0.15, -0.1) is 0 Å². The summed E-state index contributed by atoms with van der Waals surface area (Å²) in [6.07, 6.45) is 0. The Balaban J connectivity index is 1.22. The highest BCUT2D eigenvalue weighted by Crippen LogP contribution is 2.64. The van der Waals surface area contributed by atoms with Crippen LogP contribution in [0.2, 0.25) is 0 Å². The van der Waals surface area contributed by atoms with E-state index in [0.717, 1.165) is 5.69 Å². The molecule has 0 saturated heterocycles. The molecule has 2 heteroatoms. The fourth-order valence-corrected chi connectivity index (χ4v) is 10.9. The number of hydrogen-bond donors (Lipinski definition) is 0. The highest BCUT2D eigenvalue weighted by Gasteiger charge is 2.52. The topological polar surface area (TPSA) is 3.24 Å². The maximum Gasteiger partial charge on any atom is 0.0760 e. The first-order valence-electron chi connectivity index (χ1n) is 17.6. The first kappa shape index (κ1) is 29.9. The van der Waals surface area contributed by atoms with E-state index in [0.29, 0.717) is 0 Å². The second kappa shape index (κ2) is 12.1. The van der Waals surface area contributed by atoms with E-state index in [1.165, 1.54) is 71.8 Å². The molecule has 51 heavy (non-hydrogen) atoms. The molecule has 0 radical (unpaired) electrons. The van der Waals surface area contributed by atoms with Crippen molar-refractivity contribution in [2.24, 2.45) is 0 Å². The van der Waals surface area contributed by atoms with Crippen molar-refractivity contribution in [2.45, 2.75) is 5.41 Å². The molecule has 0 bridgehead atoms. The SMILES string of the molecule is c1ccc(N2c3ccccc3C3(c4ccccc4-c4cccc(-c5ccc(P(c6ccccc6)c6ccccc6)cc5)c43)c3ccccc32)cc1. The van der Waals surface area contributed by atoms with E-state index in [2.05, 4.69) is 211 Å². The van der Waals surface area contributed by atoms with Crippen molar-refractivity contribution in [3.05, 3.63) is 229 Å². The molecule has 0 fully saturated rings. The molecule has 0 N–H and O–H groups in total. The van der Waals surface area contributed by atoms with Gasteiger partial charge in [0.15, 0.2) is 0 Å². The van der Waals surface area contributed by atoms with E-state index >= 15 is 0 Å². The molecule has 1 aliphatic carbocycles. The maximum atomic E-state index is 2.45. The summed E-state index contributed by atoms with van der Waals surface area (Å²) in [5.74, 6) is 0. The molecular formula is C49H34NP. The van der Waals surface area contributed by atoms with Crippen LogP contribution in [0.1, 0.15) is 22.3 Å². The predicted octanol–water partition coefficient (Wildman–Crippen LogP) is 11.3. The largest absolute Gasteiger partial charge is 0.310 e. The molecular weight excluding hydrogens is 634 g/mol. The quantitative estimate of drug-likeness (QED) is 0.165. The van der Waals surface area contributed by atoms with Crippen LogP contribution < -0.4 is 20.8 Å². The first-order valence-corrected chi connectivity index (χ1v) is 19.0. The highest BCUT2D eigenvalue weighted by molar-refractivity contribution is 7.79. The van der Waals surface area contributed by atoms with Gasteiger partial charge >= 0.3 is 0 Å². The van der Waals surface area contributed by atoms with Gasteiger partial charge in [-0.2, -0.15) is 0 Å². The zero-order chi connectivity index (χ0) is 33.8. The Hall–Kier alpha value is -6.01. The molecule has 0 saturated carbocycles. The van der Waals surface area contributed by atoms with Crippen molar-refractivity contribution in [2.75, 3.05) is 4.90 Å². The lowest BCUT2D eigenvalue weighted by Crippen LogP contribution is -2.36. The van der Waals surface area contributed by atoms with Gasteiger partial charge in [0.25, 0.3) is 0 Å². The Kier molecular flexibility index (Phi) is 7.08. The van der Waals surface area contributed by atoms with E-state index in [9.17, 15) is 0 Å². The summed E-state index contributed by atoms with van der Waals surface area (Å²) < 4.78 is 0. The fraction of sp³-hybridized carbons (Fsp3) is 0.0204. The first-order chi connectivity index (χ1) is 25.3. The maximum absolute atomic E-state index is 2.45. The van der Waals surface area contributed by atoms with E-state index in [1.54, 1.807) is 0 Å². The third kappa shape index (κ3) is 4.52. The molecule has 0 unspecified atom stereocenters. The summed E-state index contributed by atoms with van der Waals surface area (Å²) in [5, 5.41) is 4.07. The van der Waals surface area contributed by atoms with Crippen LogP contribution in [-0.4, -0.2) is 0 Å². The number of fused-ring (bicyclic) bond motifs is 9. The summed E-state index contributed by atoms with van der Waals surface area (Å²) >= 11 is 0. The molecule has 10 rings (SSSR count). The van der Waals surface area contributed by atoms with E-state index in [1.807, 2.05) is 0 Å². The minimum Gasteiger partial charge on any atom is -0.310 e. The zero-order valence-corrected chi connectivity index (χ0v) is 28.9.